The Bertz CT molecular complexity index is 506. The molecule has 82 valence electrons. The molecule has 1 heterocycles. The van der Waals surface area contributed by atoms with Gasteiger partial charge in [-0.1, -0.05) is 30.3 Å². The molecule has 16 heavy (non-hydrogen) atoms. The van der Waals surface area contributed by atoms with Crippen LogP contribution >= 0.6 is 0 Å². The maximum absolute atomic E-state index is 5.83. The van der Waals surface area contributed by atoms with Crippen molar-refractivity contribution in [2.24, 2.45) is 5.73 Å². The third-order valence-corrected chi connectivity index (χ3v) is 2.65. The van der Waals surface area contributed by atoms with E-state index in [1.54, 1.807) is 0 Å². The summed E-state index contributed by atoms with van der Waals surface area (Å²) in [6, 6.07) is 12.0. The highest BCUT2D eigenvalue weighted by Gasteiger charge is 2.05. The second-order valence-electron chi connectivity index (χ2n) is 3.76. The van der Waals surface area contributed by atoms with E-state index in [1.165, 1.54) is 5.56 Å². The van der Waals surface area contributed by atoms with Gasteiger partial charge in [0, 0.05) is 17.7 Å². The van der Waals surface area contributed by atoms with Gasteiger partial charge >= 0.3 is 0 Å². The molecule has 3 nitrogen and oxygen atoms in total. The number of pyridine rings is 1. The zero-order valence-corrected chi connectivity index (χ0v) is 9.27. The third-order valence-electron chi connectivity index (χ3n) is 2.65. The van der Waals surface area contributed by atoms with Crippen molar-refractivity contribution in [1.82, 2.24) is 4.98 Å². The third kappa shape index (κ3) is 1.90. The van der Waals surface area contributed by atoms with Gasteiger partial charge in [0.1, 0.15) is 5.82 Å². The first-order valence-electron chi connectivity index (χ1n) is 5.24. The monoisotopic (exact) mass is 213 g/mol. The van der Waals surface area contributed by atoms with Crippen LogP contribution in [0.1, 0.15) is 11.1 Å². The highest BCUT2D eigenvalue weighted by molar-refractivity contribution is 5.65. The van der Waals surface area contributed by atoms with Gasteiger partial charge in [-0.05, 0) is 18.6 Å². The second-order valence-corrected chi connectivity index (χ2v) is 3.76. The largest absolute Gasteiger partial charge is 0.383 e. The molecule has 0 radical (unpaired) electrons. The Morgan fingerprint density at radius 2 is 1.88 bits per heavy atom. The van der Waals surface area contributed by atoms with Crippen LogP contribution in [0.2, 0.25) is 0 Å². The molecule has 0 aliphatic heterocycles. The van der Waals surface area contributed by atoms with Crippen LogP contribution in [0.15, 0.2) is 36.4 Å². The summed E-state index contributed by atoms with van der Waals surface area (Å²) in [6.07, 6.45) is 0. The average molecular weight is 213 g/mol. The maximum Gasteiger partial charge on any atom is 0.128 e. The lowest BCUT2D eigenvalue weighted by molar-refractivity contribution is 1.06. The molecule has 2 aromatic rings. The van der Waals surface area contributed by atoms with Crippen LogP contribution in [0.25, 0.3) is 11.3 Å². The summed E-state index contributed by atoms with van der Waals surface area (Å²) < 4.78 is 0. The lowest BCUT2D eigenvalue weighted by Crippen LogP contribution is -2.04. The lowest BCUT2D eigenvalue weighted by Gasteiger charge is -2.07. The van der Waals surface area contributed by atoms with Crippen molar-refractivity contribution in [2.75, 3.05) is 5.73 Å². The number of rotatable bonds is 2. The van der Waals surface area contributed by atoms with Gasteiger partial charge in [-0.3, -0.25) is 0 Å². The average Bonchev–Trinajstić information content (AvgIpc) is 2.29. The number of hydrogen-bond acceptors (Lipinski definition) is 3. The van der Waals surface area contributed by atoms with Crippen LogP contribution in [0, 0.1) is 6.92 Å². The molecule has 4 N–H and O–H groups in total. The van der Waals surface area contributed by atoms with E-state index in [4.69, 9.17) is 11.5 Å². The van der Waals surface area contributed by atoms with Crippen LogP contribution in [0.3, 0.4) is 0 Å². The first kappa shape index (κ1) is 10.6. The number of anilines is 1. The van der Waals surface area contributed by atoms with Crippen molar-refractivity contribution in [3.63, 3.8) is 0 Å². The molecule has 3 heteroatoms. The summed E-state index contributed by atoms with van der Waals surface area (Å²) in [5.41, 5.74) is 15.5. The molecular weight excluding hydrogens is 198 g/mol. The van der Waals surface area contributed by atoms with E-state index in [1.807, 2.05) is 30.3 Å². The number of nitrogen functional groups attached to an aromatic ring is 1. The molecule has 0 unspecified atom stereocenters. The molecule has 0 saturated carbocycles. The van der Waals surface area contributed by atoms with E-state index >= 15 is 0 Å². The molecule has 0 amide bonds. The fourth-order valence-electron chi connectivity index (χ4n) is 1.69. The maximum atomic E-state index is 5.83. The van der Waals surface area contributed by atoms with E-state index < -0.39 is 0 Å². The van der Waals surface area contributed by atoms with Gasteiger partial charge in [0.15, 0.2) is 0 Å². The fourth-order valence-corrected chi connectivity index (χ4v) is 1.69. The Balaban J connectivity index is 2.50. The molecule has 0 aliphatic carbocycles. The molecule has 1 aromatic heterocycles. The van der Waals surface area contributed by atoms with Gasteiger partial charge in [-0.15, -0.1) is 0 Å². The standard InChI is InChI=1S/C13H15N3/c1-9-4-2-3-5-11(9)12-7-6-10(8-14)13(15)16-12/h2-7H,8,14H2,1H3,(H2,15,16). The van der Waals surface area contributed by atoms with Crippen molar-refractivity contribution in [2.45, 2.75) is 13.5 Å². The molecule has 0 atom stereocenters. The van der Waals surface area contributed by atoms with Crippen LogP contribution in [0.4, 0.5) is 5.82 Å². The number of benzene rings is 1. The van der Waals surface area contributed by atoms with Gasteiger partial charge in [0.25, 0.3) is 0 Å². The first-order valence-corrected chi connectivity index (χ1v) is 5.24. The van der Waals surface area contributed by atoms with Gasteiger partial charge in [0.2, 0.25) is 0 Å². The van der Waals surface area contributed by atoms with E-state index in [0.29, 0.717) is 12.4 Å². The number of nitrogens with two attached hydrogens (primary N) is 2. The molecule has 1 aromatic carbocycles. The summed E-state index contributed by atoms with van der Waals surface area (Å²) in [4.78, 5) is 4.37. The van der Waals surface area contributed by atoms with Crippen molar-refractivity contribution in [1.29, 1.82) is 0 Å². The summed E-state index contributed by atoms with van der Waals surface area (Å²) >= 11 is 0. The Morgan fingerprint density at radius 1 is 1.12 bits per heavy atom. The lowest BCUT2D eigenvalue weighted by atomic mass is 10.0. The van der Waals surface area contributed by atoms with E-state index in [0.717, 1.165) is 16.8 Å². The predicted octanol–water partition coefficient (Wildman–Crippen LogP) is 2.10. The summed E-state index contributed by atoms with van der Waals surface area (Å²) in [7, 11) is 0. The molecule has 0 saturated heterocycles. The number of hydrogen-bond donors (Lipinski definition) is 2. The van der Waals surface area contributed by atoms with Gasteiger partial charge in [-0.25, -0.2) is 4.98 Å². The van der Waals surface area contributed by atoms with Gasteiger partial charge in [0.05, 0.1) is 5.69 Å². The Labute approximate surface area is 95.1 Å². The molecule has 0 spiro atoms. The molecular formula is C13H15N3. The zero-order valence-electron chi connectivity index (χ0n) is 9.27. The van der Waals surface area contributed by atoms with Crippen molar-refractivity contribution < 1.29 is 0 Å². The minimum absolute atomic E-state index is 0.423. The number of aromatic nitrogens is 1. The normalized spacial score (nSPS) is 10.4. The van der Waals surface area contributed by atoms with Crippen LogP contribution in [-0.2, 0) is 6.54 Å². The minimum atomic E-state index is 0.423. The van der Waals surface area contributed by atoms with E-state index in [-0.39, 0.29) is 0 Å². The quantitative estimate of drug-likeness (QED) is 0.802. The first-order chi connectivity index (χ1) is 7.72. The highest BCUT2D eigenvalue weighted by Crippen LogP contribution is 2.23. The van der Waals surface area contributed by atoms with E-state index in [2.05, 4.69) is 18.0 Å². The minimum Gasteiger partial charge on any atom is -0.383 e. The SMILES string of the molecule is Cc1ccccc1-c1ccc(CN)c(N)n1. The molecule has 0 fully saturated rings. The van der Waals surface area contributed by atoms with Crippen LogP contribution in [-0.4, -0.2) is 4.98 Å². The molecule has 0 bridgehead atoms. The molecule has 2 rings (SSSR count). The number of aryl methyl sites for hydroxylation is 1. The Kier molecular flexibility index (Phi) is 2.88. The fraction of sp³-hybridized carbons (Fsp3) is 0.154. The van der Waals surface area contributed by atoms with Crippen LogP contribution in [0.5, 0.6) is 0 Å². The number of nitrogens with zero attached hydrogens (tertiary/aromatic N) is 1. The van der Waals surface area contributed by atoms with Gasteiger partial charge in [-0.2, -0.15) is 0 Å². The van der Waals surface area contributed by atoms with E-state index in [9.17, 15) is 0 Å². The van der Waals surface area contributed by atoms with Crippen LogP contribution < -0.4 is 11.5 Å². The predicted molar refractivity (Wildman–Crippen MR) is 66.7 cm³/mol. The molecule has 0 aliphatic rings. The smallest absolute Gasteiger partial charge is 0.128 e. The zero-order chi connectivity index (χ0) is 11.5. The van der Waals surface area contributed by atoms with Crippen molar-refractivity contribution in [3.05, 3.63) is 47.5 Å². The van der Waals surface area contributed by atoms with Gasteiger partial charge < -0.3 is 11.5 Å². The second kappa shape index (κ2) is 4.33. The Morgan fingerprint density at radius 3 is 2.50 bits per heavy atom. The summed E-state index contributed by atoms with van der Waals surface area (Å²) in [5, 5.41) is 0. The highest BCUT2D eigenvalue weighted by atomic mass is 14.9. The topological polar surface area (TPSA) is 64.9 Å². The van der Waals surface area contributed by atoms with Crippen molar-refractivity contribution in [3.8, 4) is 11.3 Å². The summed E-state index contributed by atoms with van der Waals surface area (Å²) in [5.74, 6) is 0.517. The summed E-state index contributed by atoms with van der Waals surface area (Å²) in [6.45, 7) is 2.48. The van der Waals surface area contributed by atoms with Crippen molar-refractivity contribution >= 4 is 5.82 Å². The Hall–Kier alpha value is -1.87.